The maximum Gasteiger partial charge on any atom is 0.325 e. The van der Waals surface area contributed by atoms with E-state index in [-0.39, 0.29) is 12.3 Å². The highest BCUT2D eigenvalue weighted by atomic mass is 35.5. The first-order valence-electron chi connectivity index (χ1n) is 4.46. The fraction of sp³-hybridized carbons (Fsp3) is 1.00. The van der Waals surface area contributed by atoms with Crippen molar-refractivity contribution in [3.05, 3.63) is 0 Å². The number of halogens is 1. The van der Waals surface area contributed by atoms with E-state index < -0.39 is 15.2 Å². The Morgan fingerprint density at radius 2 is 1.06 bits per heavy atom. The molecule has 0 aliphatic heterocycles. The van der Waals surface area contributed by atoms with Crippen molar-refractivity contribution in [2.75, 3.05) is 18.9 Å². The van der Waals surface area contributed by atoms with Gasteiger partial charge in [0.1, 0.15) is 0 Å². The van der Waals surface area contributed by atoms with Crippen molar-refractivity contribution in [3.63, 3.8) is 0 Å². The standard InChI is InChI=1S/C2H6ClN.2C2H7O3P/c1-2-4-3;2*1-2-6(3,4)5/h4H,2H2,1H3;2*2H2,1H3,(H2,3,4,5). The van der Waals surface area contributed by atoms with Crippen LogP contribution >= 0.6 is 27.0 Å². The molecule has 5 N–H and O–H groups in total. The molecular weight excluding hydrogens is 279 g/mol. The fourth-order valence-corrected chi connectivity index (χ4v) is 0. The largest absolute Gasteiger partial charge is 0.325 e. The molecule has 0 heterocycles. The Labute approximate surface area is 101 Å². The molecule has 0 fully saturated rings. The quantitative estimate of drug-likeness (QED) is 0.390. The summed E-state index contributed by atoms with van der Waals surface area (Å²) >= 11 is 4.94. The van der Waals surface area contributed by atoms with Gasteiger partial charge in [-0.05, 0) is 11.8 Å². The van der Waals surface area contributed by atoms with Gasteiger partial charge in [0, 0.05) is 18.9 Å². The minimum atomic E-state index is -3.65. The summed E-state index contributed by atoms with van der Waals surface area (Å²) < 4.78 is 19.4. The van der Waals surface area contributed by atoms with Crippen molar-refractivity contribution >= 4 is 27.0 Å². The average Bonchev–Trinajstić information content (AvgIpc) is 2.17. The van der Waals surface area contributed by atoms with E-state index >= 15 is 0 Å². The normalized spacial score (nSPS) is 10.8. The molecule has 0 saturated heterocycles. The van der Waals surface area contributed by atoms with E-state index in [1.54, 1.807) is 0 Å². The molecule has 0 bridgehead atoms. The highest BCUT2D eigenvalue weighted by molar-refractivity contribution is 7.51. The number of rotatable bonds is 3. The monoisotopic (exact) mass is 299 g/mol. The minimum absolute atomic E-state index is 0.0625. The summed E-state index contributed by atoms with van der Waals surface area (Å²) in [7, 11) is -7.29. The molecule has 0 atom stereocenters. The van der Waals surface area contributed by atoms with Crippen LogP contribution in [-0.4, -0.2) is 38.4 Å². The molecule has 0 spiro atoms. The van der Waals surface area contributed by atoms with E-state index in [9.17, 15) is 9.13 Å². The van der Waals surface area contributed by atoms with Crippen LogP contribution in [0.25, 0.3) is 0 Å². The van der Waals surface area contributed by atoms with Crippen molar-refractivity contribution in [1.82, 2.24) is 4.84 Å². The first kappa shape index (κ1) is 21.8. The van der Waals surface area contributed by atoms with Gasteiger partial charge in [-0.15, -0.1) is 0 Å². The summed E-state index contributed by atoms with van der Waals surface area (Å²) in [6.45, 7) is 5.66. The lowest BCUT2D eigenvalue weighted by molar-refractivity contribution is 0.372. The van der Waals surface area contributed by atoms with Crippen LogP contribution in [0.15, 0.2) is 0 Å². The molecule has 0 saturated carbocycles. The molecule has 0 rings (SSSR count). The highest BCUT2D eigenvalue weighted by Gasteiger charge is 2.05. The van der Waals surface area contributed by atoms with E-state index in [0.717, 1.165) is 6.54 Å². The second-order valence-corrected chi connectivity index (χ2v) is 6.64. The zero-order valence-electron chi connectivity index (χ0n) is 9.50. The van der Waals surface area contributed by atoms with E-state index in [0.29, 0.717) is 0 Å². The van der Waals surface area contributed by atoms with Crippen molar-refractivity contribution < 1.29 is 28.7 Å². The summed E-state index contributed by atoms with van der Waals surface area (Å²) in [6.07, 6.45) is -0.125. The van der Waals surface area contributed by atoms with Crippen molar-refractivity contribution in [2.45, 2.75) is 20.8 Å². The van der Waals surface area contributed by atoms with Crippen molar-refractivity contribution in [3.8, 4) is 0 Å². The zero-order valence-corrected chi connectivity index (χ0v) is 12.0. The van der Waals surface area contributed by atoms with Crippen LogP contribution in [0, 0.1) is 0 Å². The Morgan fingerprint density at radius 1 is 0.938 bits per heavy atom. The van der Waals surface area contributed by atoms with Gasteiger partial charge in [-0.25, -0.2) is 4.84 Å². The van der Waals surface area contributed by atoms with E-state index in [2.05, 4.69) is 4.84 Å². The average molecular weight is 300 g/mol. The highest BCUT2D eigenvalue weighted by Crippen LogP contribution is 2.32. The van der Waals surface area contributed by atoms with Gasteiger partial charge in [0.15, 0.2) is 0 Å². The first-order valence-corrected chi connectivity index (χ1v) is 8.43. The maximum atomic E-state index is 9.69. The summed E-state index contributed by atoms with van der Waals surface area (Å²) in [4.78, 5) is 34.2. The fourth-order valence-electron chi connectivity index (χ4n) is 0. The predicted molar refractivity (Wildman–Crippen MR) is 64.7 cm³/mol. The summed E-state index contributed by atoms with van der Waals surface area (Å²) in [5.41, 5.74) is 0. The zero-order chi connectivity index (χ0) is 13.8. The molecule has 0 aliphatic rings. The van der Waals surface area contributed by atoms with Crippen LogP contribution in [0.1, 0.15) is 20.8 Å². The van der Waals surface area contributed by atoms with Gasteiger partial charge in [-0.2, -0.15) is 0 Å². The van der Waals surface area contributed by atoms with Crippen molar-refractivity contribution in [2.24, 2.45) is 0 Å². The van der Waals surface area contributed by atoms with Gasteiger partial charge in [0.05, 0.1) is 0 Å². The molecule has 0 aromatic heterocycles. The van der Waals surface area contributed by atoms with Crippen LogP contribution in [0.2, 0.25) is 0 Å². The maximum absolute atomic E-state index is 9.69. The summed E-state index contributed by atoms with van der Waals surface area (Å²) in [5.74, 6) is 0. The van der Waals surface area contributed by atoms with E-state index in [1.165, 1.54) is 13.8 Å². The van der Waals surface area contributed by atoms with Crippen LogP contribution < -0.4 is 4.84 Å². The van der Waals surface area contributed by atoms with Crippen LogP contribution in [0.5, 0.6) is 0 Å². The second kappa shape index (κ2) is 12.0. The van der Waals surface area contributed by atoms with Crippen LogP contribution in [-0.2, 0) is 9.13 Å². The molecule has 0 unspecified atom stereocenters. The SMILES string of the molecule is CCNCl.CCP(=O)(O)O.CCP(=O)(O)O. The van der Waals surface area contributed by atoms with Crippen molar-refractivity contribution in [1.29, 1.82) is 0 Å². The summed E-state index contributed by atoms with van der Waals surface area (Å²) in [5, 5.41) is 0. The van der Waals surface area contributed by atoms with Gasteiger partial charge in [0.2, 0.25) is 0 Å². The van der Waals surface area contributed by atoms with Gasteiger partial charge in [0.25, 0.3) is 0 Å². The Bertz CT molecular complexity index is 203. The third-order valence-electron chi connectivity index (χ3n) is 0.958. The Kier molecular flexibility index (Phi) is 16.4. The lowest BCUT2D eigenvalue weighted by Gasteiger charge is -1.92. The molecule has 0 amide bonds. The van der Waals surface area contributed by atoms with E-state index in [1.807, 2.05) is 6.92 Å². The first-order chi connectivity index (χ1) is 7.04. The van der Waals surface area contributed by atoms with Gasteiger partial charge in [-0.1, -0.05) is 20.8 Å². The lowest BCUT2D eigenvalue weighted by Crippen LogP contribution is -1.91. The number of nitrogens with one attached hydrogen (secondary N) is 1. The Hall–Kier alpha value is 0.550. The molecule has 102 valence electrons. The smallest absolute Gasteiger partial charge is 0.324 e. The lowest BCUT2D eigenvalue weighted by atomic mass is 10.8. The Morgan fingerprint density at radius 3 is 1.06 bits per heavy atom. The van der Waals surface area contributed by atoms with Gasteiger partial charge in [-0.3, -0.25) is 9.13 Å². The third-order valence-corrected chi connectivity index (χ3v) is 2.87. The Balaban J connectivity index is -0.000000162. The van der Waals surface area contributed by atoms with E-state index in [4.69, 9.17) is 31.4 Å². The summed E-state index contributed by atoms with van der Waals surface area (Å²) in [6, 6.07) is 0. The molecule has 0 radical (unpaired) electrons. The minimum Gasteiger partial charge on any atom is -0.324 e. The molecule has 0 aliphatic carbocycles. The third kappa shape index (κ3) is 46.9. The van der Waals surface area contributed by atoms with Crippen LogP contribution in [0.3, 0.4) is 0 Å². The molecular formula is C6H20ClNO6P2. The number of hydrogen-bond acceptors (Lipinski definition) is 3. The van der Waals surface area contributed by atoms with Crippen LogP contribution in [0.4, 0.5) is 0 Å². The predicted octanol–water partition coefficient (Wildman–Crippen LogP) is 1.12. The second-order valence-electron chi connectivity index (χ2n) is 2.45. The molecule has 16 heavy (non-hydrogen) atoms. The molecule has 0 aromatic rings. The molecule has 0 aromatic carbocycles. The van der Waals surface area contributed by atoms with Gasteiger partial charge < -0.3 is 19.6 Å². The number of hydrogen-bond donors (Lipinski definition) is 5. The van der Waals surface area contributed by atoms with Gasteiger partial charge >= 0.3 is 15.2 Å². The molecule has 7 nitrogen and oxygen atoms in total. The topological polar surface area (TPSA) is 127 Å². The molecule has 10 heteroatoms.